The third-order valence-electron chi connectivity index (χ3n) is 7.93. The standard InChI is InChI=1S/C33H37F5N6O6S/c1-3-32(34,35)23-6-4-22(5-7-23)19-40-30(46)28-20-43(31(47)42-25(14-15-39)18-21(2)29(45)41-24-8-9-24)16-17-44(28)51(48,49)27-12-10-26(11-13-27)50-33(36,37)38/h4-7,10-15,18,24,28H,2-3,8-9,16-17,19-20,39H2,1H3,(H,40,46)(H,41,45)(H,42,47)/b15-14-,25-18+/t28-/m1/s1. The van der Waals surface area contributed by atoms with E-state index in [1.54, 1.807) is 0 Å². The van der Waals surface area contributed by atoms with Crippen LogP contribution >= 0.6 is 0 Å². The summed E-state index contributed by atoms with van der Waals surface area (Å²) >= 11 is 0. The van der Waals surface area contributed by atoms with E-state index in [1.165, 1.54) is 43.3 Å². The molecule has 0 unspecified atom stereocenters. The van der Waals surface area contributed by atoms with Gasteiger partial charge in [0.2, 0.25) is 15.9 Å². The number of halogens is 5. The quantitative estimate of drug-likeness (QED) is 0.137. The fraction of sp³-hybridized carbons (Fsp3) is 0.364. The molecule has 5 N–H and O–H groups in total. The van der Waals surface area contributed by atoms with E-state index in [1.807, 2.05) is 0 Å². The molecule has 1 heterocycles. The number of urea groups is 1. The number of carbonyl (C=O) groups excluding carboxylic acids is 3. The molecule has 0 bridgehead atoms. The molecule has 2 aliphatic rings. The molecule has 1 saturated heterocycles. The zero-order chi connectivity index (χ0) is 37.6. The van der Waals surface area contributed by atoms with Crippen molar-refractivity contribution in [3.05, 3.63) is 95.9 Å². The first-order chi connectivity index (χ1) is 23.9. The number of nitrogens with two attached hydrogens (primary N) is 1. The third-order valence-corrected chi connectivity index (χ3v) is 9.86. The molecular formula is C33H37F5N6O6S. The normalized spacial score (nSPS) is 17.6. The highest BCUT2D eigenvalue weighted by atomic mass is 32.2. The number of ether oxygens (including phenoxy) is 1. The number of sulfonamides is 1. The van der Waals surface area contributed by atoms with Crippen molar-refractivity contribution in [3.8, 4) is 5.75 Å². The maximum absolute atomic E-state index is 14.1. The Bertz CT molecular complexity index is 1780. The number of benzene rings is 2. The number of amides is 4. The highest BCUT2D eigenvalue weighted by Crippen LogP contribution is 2.31. The molecule has 0 spiro atoms. The van der Waals surface area contributed by atoms with Crippen LogP contribution in [-0.2, 0) is 32.1 Å². The molecule has 12 nitrogen and oxygen atoms in total. The monoisotopic (exact) mass is 740 g/mol. The Morgan fingerprint density at radius 3 is 2.24 bits per heavy atom. The molecular weight excluding hydrogens is 703 g/mol. The van der Waals surface area contributed by atoms with Crippen molar-refractivity contribution in [2.75, 3.05) is 19.6 Å². The van der Waals surface area contributed by atoms with Crippen LogP contribution in [0.5, 0.6) is 5.75 Å². The largest absolute Gasteiger partial charge is 0.573 e. The van der Waals surface area contributed by atoms with Gasteiger partial charge in [0, 0.05) is 55.5 Å². The van der Waals surface area contributed by atoms with Gasteiger partial charge in [-0.05, 0) is 61.0 Å². The van der Waals surface area contributed by atoms with Crippen molar-refractivity contribution >= 4 is 27.9 Å². The number of allylic oxidation sites excluding steroid dienone is 1. The average Bonchev–Trinajstić information content (AvgIpc) is 3.90. The van der Waals surface area contributed by atoms with Gasteiger partial charge < -0.3 is 31.3 Å². The first-order valence-corrected chi connectivity index (χ1v) is 17.2. The number of rotatable bonds is 13. The predicted octanol–water partition coefficient (Wildman–Crippen LogP) is 3.98. The number of carbonyl (C=O) groups is 3. The Morgan fingerprint density at radius 1 is 1.02 bits per heavy atom. The molecule has 2 fully saturated rings. The van der Waals surface area contributed by atoms with Gasteiger partial charge in [0.05, 0.1) is 4.90 Å². The van der Waals surface area contributed by atoms with Crippen LogP contribution in [0.15, 0.2) is 89.6 Å². The smallest absolute Gasteiger partial charge is 0.406 e. The average molecular weight is 741 g/mol. The number of hydrogen-bond donors (Lipinski definition) is 4. The summed E-state index contributed by atoms with van der Waals surface area (Å²) in [6.45, 7) is 3.76. The number of piperazine rings is 1. The predicted molar refractivity (Wildman–Crippen MR) is 175 cm³/mol. The minimum absolute atomic E-state index is 0.0292. The molecule has 0 aromatic heterocycles. The van der Waals surface area contributed by atoms with Crippen molar-refractivity contribution < 1.29 is 49.5 Å². The van der Waals surface area contributed by atoms with Crippen LogP contribution in [0, 0.1) is 0 Å². The molecule has 4 amide bonds. The first-order valence-electron chi connectivity index (χ1n) is 15.7. The van der Waals surface area contributed by atoms with E-state index in [4.69, 9.17) is 5.73 Å². The molecule has 2 aromatic carbocycles. The van der Waals surface area contributed by atoms with Crippen LogP contribution in [0.1, 0.15) is 37.3 Å². The minimum Gasteiger partial charge on any atom is -0.406 e. The van der Waals surface area contributed by atoms with Crippen LogP contribution < -0.4 is 26.4 Å². The lowest BCUT2D eigenvalue weighted by Crippen LogP contribution is -2.62. The van der Waals surface area contributed by atoms with Crippen molar-refractivity contribution in [2.24, 2.45) is 5.73 Å². The second-order valence-corrected chi connectivity index (χ2v) is 13.6. The molecule has 1 saturated carbocycles. The summed E-state index contributed by atoms with van der Waals surface area (Å²) < 4.78 is 98.3. The second-order valence-electron chi connectivity index (χ2n) is 11.7. The highest BCUT2D eigenvalue weighted by molar-refractivity contribution is 7.89. The van der Waals surface area contributed by atoms with E-state index in [9.17, 15) is 44.8 Å². The third kappa shape index (κ3) is 10.5. The summed E-state index contributed by atoms with van der Waals surface area (Å²) in [5, 5.41) is 7.90. The molecule has 4 rings (SSSR count). The SMILES string of the molecule is C=C(/C=C(\C=C/N)NC(=O)N1CCN(S(=O)(=O)c2ccc(OC(F)(F)F)cc2)[C@@H](C(=O)NCc2ccc(C(F)(F)CC)cc2)C1)C(=O)NC1CC1. The van der Waals surface area contributed by atoms with Crippen LogP contribution in [0.25, 0.3) is 0 Å². The Kier molecular flexibility index (Phi) is 12.1. The lowest BCUT2D eigenvalue weighted by Gasteiger charge is -2.39. The van der Waals surface area contributed by atoms with Gasteiger partial charge in [0.1, 0.15) is 11.8 Å². The fourth-order valence-electron chi connectivity index (χ4n) is 4.97. The number of alkyl halides is 5. The Hall–Kier alpha value is -4.97. The molecule has 0 radical (unpaired) electrons. The topological polar surface area (TPSA) is 163 Å². The summed E-state index contributed by atoms with van der Waals surface area (Å²) in [6.07, 6.45) is -0.0466. The zero-order valence-corrected chi connectivity index (χ0v) is 28.2. The molecule has 18 heteroatoms. The fourth-order valence-corrected chi connectivity index (χ4v) is 6.54. The number of hydrogen-bond acceptors (Lipinski definition) is 7. The summed E-state index contributed by atoms with van der Waals surface area (Å²) in [5.74, 6) is -5.01. The van der Waals surface area contributed by atoms with Gasteiger partial charge in [-0.1, -0.05) is 37.8 Å². The van der Waals surface area contributed by atoms with Crippen molar-refractivity contribution in [1.29, 1.82) is 0 Å². The van der Waals surface area contributed by atoms with Crippen LogP contribution in [-0.4, -0.2) is 73.5 Å². The maximum Gasteiger partial charge on any atom is 0.573 e. The minimum atomic E-state index is -5.01. The van der Waals surface area contributed by atoms with E-state index < -0.39 is 76.4 Å². The van der Waals surface area contributed by atoms with E-state index in [0.717, 1.165) is 52.5 Å². The lowest BCUT2D eigenvalue weighted by molar-refractivity contribution is -0.274. The Labute approximate surface area is 291 Å². The van der Waals surface area contributed by atoms with Crippen molar-refractivity contribution in [3.63, 3.8) is 0 Å². The van der Waals surface area contributed by atoms with Crippen LogP contribution in [0.4, 0.5) is 26.7 Å². The number of nitrogens with zero attached hydrogens (tertiary/aromatic N) is 2. The van der Waals surface area contributed by atoms with E-state index in [2.05, 4.69) is 27.3 Å². The summed E-state index contributed by atoms with van der Waals surface area (Å²) in [7, 11) is -4.54. The van der Waals surface area contributed by atoms with Crippen LogP contribution in [0.2, 0.25) is 0 Å². The Balaban J connectivity index is 1.55. The molecule has 2 aromatic rings. The van der Waals surface area contributed by atoms with E-state index in [-0.39, 0.29) is 36.0 Å². The van der Waals surface area contributed by atoms with Gasteiger partial charge in [-0.3, -0.25) is 9.59 Å². The molecule has 1 atom stereocenters. The van der Waals surface area contributed by atoms with Crippen LogP contribution in [0.3, 0.4) is 0 Å². The lowest BCUT2D eigenvalue weighted by atomic mass is 10.0. The second kappa shape index (κ2) is 15.9. The van der Waals surface area contributed by atoms with Gasteiger partial charge in [-0.25, -0.2) is 22.0 Å². The molecule has 276 valence electrons. The summed E-state index contributed by atoms with van der Waals surface area (Å²) in [5.41, 5.74) is 5.83. The summed E-state index contributed by atoms with van der Waals surface area (Å²) in [6, 6.07) is 6.33. The summed E-state index contributed by atoms with van der Waals surface area (Å²) in [4.78, 5) is 40.1. The number of nitrogens with one attached hydrogen (secondary N) is 3. The van der Waals surface area contributed by atoms with E-state index >= 15 is 0 Å². The van der Waals surface area contributed by atoms with Gasteiger partial charge >= 0.3 is 12.4 Å². The maximum atomic E-state index is 14.1. The Morgan fingerprint density at radius 2 is 1.67 bits per heavy atom. The van der Waals surface area contributed by atoms with Crippen molar-refractivity contribution in [1.82, 2.24) is 25.2 Å². The van der Waals surface area contributed by atoms with Gasteiger partial charge in [0.25, 0.3) is 11.8 Å². The van der Waals surface area contributed by atoms with Gasteiger partial charge in [0.15, 0.2) is 0 Å². The zero-order valence-electron chi connectivity index (χ0n) is 27.4. The van der Waals surface area contributed by atoms with Crippen molar-refractivity contribution in [2.45, 2.75) is 62.0 Å². The highest BCUT2D eigenvalue weighted by Gasteiger charge is 2.42. The molecule has 51 heavy (non-hydrogen) atoms. The van der Waals surface area contributed by atoms with Gasteiger partial charge in [-0.2, -0.15) is 4.31 Å². The van der Waals surface area contributed by atoms with Gasteiger partial charge in [-0.15, -0.1) is 13.2 Å². The van der Waals surface area contributed by atoms with E-state index in [0.29, 0.717) is 5.56 Å². The molecule has 1 aliphatic heterocycles. The molecule has 1 aliphatic carbocycles. The first kappa shape index (κ1) is 38.8.